The Balaban J connectivity index is 4.09. The van der Waals surface area contributed by atoms with Crippen LogP contribution in [0.2, 0.25) is 0 Å². The maximum Gasteiger partial charge on any atom is 0.0260 e. The first-order valence-corrected chi connectivity index (χ1v) is 4.31. The summed E-state index contributed by atoms with van der Waals surface area (Å²) in [5.74, 6) is 7.32. The van der Waals surface area contributed by atoms with Crippen molar-refractivity contribution in [3.8, 4) is 11.8 Å². The lowest BCUT2D eigenvalue weighted by Crippen LogP contribution is -2.05. The van der Waals surface area contributed by atoms with Crippen molar-refractivity contribution in [3.05, 3.63) is 12.2 Å². The Kier molecular flexibility index (Phi) is 5.65. The van der Waals surface area contributed by atoms with Crippen LogP contribution >= 0.6 is 0 Å². The standard InChI is InChI=1S/C11H18/c1-5-8-10(4)11(7-3)9-6-2/h5,8,10-11H,7H2,1-4H3. The first kappa shape index (κ1) is 10.3. The molecule has 0 spiro atoms. The van der Waals surface area contributed by atoms with Gasteiger partial charge in [0.1, 0.15) is 0 Å². The number of allylic oxidation sites excluding steroid dienone is 2. The van der Waals surface area contributed by atoms with E-state index in [0.717, 1.165) is 6.42 Å². The molecule has 0 aliphatic rings. The van der Waals surface area contributed by atoms with Gasteiger partial charge >= 0.3 is 0 Å². The smallest absolute Gasteiger partial charge is 0.0260 e. The van der Waals surface area contributed by atoms with Crippen LogP contribution in [0, 0.1) is 23.7 Å². The van der Waals surface area contributed by atoms with Crippen LogP contribution in [-0.2, 0) is 0 Å². The molecule has 0 N–H and O–H groups in total. The highest BCUT2D eigenvalue weighted by Crippen LogP contribution is 2.15. The van der Waals surface area contributed by atoms with Crippen molar-refractivity contribution >= 4 is 0 Å². The van der Waals surface area contributed by atoms with Crippen molar-refractivity contribution in [2.75, 3.05) is 0 Å². The lowest BCUT2D eigenvalue weighted by Gasteiger charge is -2.12. The minimum Gasteiger partial charge on any atom is -0.106 e. The summed E-state index contributed by atoms with van der Waals surface area (Å²) in [5.41, 5.74) is 0. The summed E-state index contributed by atoms with van der Waals surface area (Å²) in [6, 6.07) is 0. The molecule has 0 radical (unpaired) electrons. The molecule has 0 aromatic rings. The Labute approximate surface area is 70.7 Å². The lowest BCUT2D eigenvalue weighted by molar-refractivity contribution is 0.513. The molecule has 0 heterocycles. The molecule has 0 aliphatic heterocycles. The number of hydrogen-bond acceptors (Lipinski definition) is 0. The van der Waals surface area contributed by atoms with Crippen LogP contribution in [-0.4, -0.2) is 0 Å². The highest BCUT2D eigenvalue weighted by molar-refractivity contribution is 5.05. The first-order valence-electron chi connectivity index (χ1n) is 4.31. The molecule has 0 nitrogen and oxygen atoms in total. The minimum absolute atomic E-state index is 0.538. The summed E-state index contributed by atoms with van der Waals surface area (Å²) < 4.78 is 0. The molecular weight excluding hydrogens is 132 g/mol. The van der Waals surface area contributed by atoms with Gasteiger partial charge in [0.2, 0.25) is 0 Å². The van der Waals surface area contributed by atoms with E-state index < -0.39 is 0 Å². The summed E-state index contributed by atoms with van der Waals surface area (Å²) in [5, 5.41) is 0. The average molecular weight is 150 g/mol. The third-order valence-electron chi connectivity index (χ3n) is 1.90. The second-order valence-corrected chi connectivity index (χ2v) is 2.79. The third kappa shape index (κ3) is 3.88. The molecule has 0 aromatic heterocycles. The van der Waals surface area contributed by atoms with Crippen LogP contribution in [0.3, 0.4) is 0 Å². The quantitative estimate of drug-likeness (QED) is 0.428. The molecule has 0 amide bonds. The van der Waals surface area contributed by atoms with Crippen molar-refractivity contribution in [2.45, 2.75) is 34.1 Å². The fourth-order valence-corrected chi connectivity index (χ4v) is 1.23. The van der Waals surface area contributed by atoms with Gasteiger partial charge in [0.25, 0.3) is 0 Å². The van der Waals surface area contributed by atoms with Gasteiger partial charge in [0, 0.05) is 5.92 Å². The monoisotopic (exact) mass is 150 g/mol. The number of rotatable bonds is 3. The topological polar surface area (TPSA) is 0 Å². The Morgan fingerprint density at radius 3 is 2.45 bits per heavy atom. The van der Waals surface area contributed by atoms with Gasteiger partial charge in [-0.05, 0) is 26.2 Å². The van der Waals surface area contributed by atoms with Gasteiger partial charge in [-0.3, -0.25) is 0 Å². The van der Waals surface area contributed by atoms with E-state index in [2.05, 4.69) is 44.8 Å². The highest BCUT2D eigenvalue weighted by atomic mass is 14.1. The molecule has 11 heavy (non-hydrogen) atoms. The second kappa shape index (κ2) is 6.04. The fraction of sp³-hybridized carbons (Fsp3) is 0.636. The van der Waals surface area contributed by atoms with Gasteiger partial charge in [-0.1, -0.05) is 31.9 Å². The fourth-order valence-electron chi connectivity index (χ4n) is 1.23. The molecule has 0 rings (SSSR count). The van der Waals surface area contributed by atoms with Gasteiger partial charge in [0.15, 0.2) is 0 Å². The molecule has 0 bridgehead atoms. The maximum absolute atomic E-state index is 3.22. The SMILES string of the molecule is CC#CC(CC)C(C)C=CC. The Bertz CT molecular complexity index is 166. The van der Waals surface area contributed by atoms with Crippen LogP contribution in [0.15, 0.2) is 12.2 Å². The second-order valence-electron chi connectivity index (χ2n) is 2.79. The molecule has 62 valence electrons. The van der Waals surface area contributed by atoms with E-state index in [1.807, 2.05) is 6.92 Å². The summed E-state index contributed by atoms with van der Waals surface area (Å²) in [6.45, 7) is 8.38. The van der Waals surface area contributed by atoms with E-state index in [4.69, 9.17) is 0 Å². The van der Waals surface area contributed by atoms with Crippen molar-refractivity contribution in [1.82, 2.24) is 0 Å². The molecule has 2 unspecified atom stereocenters. The van der Waals surface area contributed by atoms with Gasteiger partial charge in [-0.2, -0.15) is 0 Å². The zero-order chi connectivity index (χ0) is 8.69. The van der Waals surface area contributed by atoms with Crippen molar-refractivity contribution in [3.63, 3.8) is 0 Å². The molecule has 0 heteroatoms. The largest absolute Gasteiger partial charge is 0.106 e. The Morgan fingerprint density at radius 1 is 1.45 bits per heavy atom. The van der Waals surface area contributed by atoms with Gasteiger partial charge in [-0.15, -0.1) is 5.92 Å². The zero-order valence-electron chi connectivity index (χ0n) is 8.02. The van der Waals surface area contributed by atoms with Crippen LogP contribution in [0.25, 0.3) is 0 Å². The molecule has 0 saturated heterocycles. The number of hydrogen-bond donors (Lipinski definition) is 0. The van der Waals surface area contributed by atoms with Crippen LogP contribution in [0.1, 0.15) is 34.1 Å². The van der Waals surface area contributed by atoms with Crippen LogP contribution < -0.4 is 0 Å². The van der Waals surface area contributed by atoms with Gasteiger partial charge < -0.3 is 0 Å². The van der Waals surface area contributed by atoms with Crippen molar-refractivity contribution in [2.24, 2.45) is 11.8 Å². The minimum atomic E-state index is 0.538. The summed E-state index contributed by atoms with van der Waals surface area (Å²) >= 11 is 0. The van der Waals surface area contributed by atoms with Crippen LogP contribution in [0.4, 0.5) is 0 Å². The van der Waals surface area contributed by atoms with E-state index in [1.165, 1.54) is 0 Å². The highest BCUT2D eigenvalue weighted by Gasteiger charge is 2.08. The van der Waals surface area contributed by atoms with Gasteiger partial charge in [-0.25, -0.2) is 0 Å². The van der Waals surface area contributed by atoms with E-state index in [1.54, 1.807) is 0 Å². The molecule has 0 saturated carbocycles. The molecular formula is C11H18. The zero-order valence-corrected chi connectivity index (χ0v) is 8.02. The predicted octanol–water partition coefficient (Wildman–Crippen LogP) is 3.25. The molecule has 2 atom stereocenters. The van der Waals surface area contributed by atoms with Gasteiger partial charge in [0.05, 0.1) is 0 Å². The third-order valence-corrected chi connectivity index (χ3v) is 1.90. The first-order chi connectivity index (χ1) is 5.26. The average Bonchev–Trinajstić information content (AvgIpc) is 2.00. The van der Waals surface area contributed by atoms with E-state index >= 15 is 0 Å². The van der Waals surface area contributed by atoms with E-state index in [-0.39, 0.29) is 0 Å². The lowest BCUT2D eigenvalue weighted by atomic mass is 9.92. The predicted molar refractivity (Wildman–Crippen MR) is 51.2 cm³/mol. The Hall–Kier alpha value is -0.700. The molecule has 0 aromatic carbocycles. The van der Waals surface area contributed by atoms with Crippen molar-refractivity contribution < 1.29 is 0 Å². The Morgan fingerprint density at radius 2 is 2.09 bits per heavy atom. The summed E-state index contributed by atoms with van der Waals surface area (Å²) in [6.07, 6.45) is 5.47. The molecule has 0 aliphatic carbocycles. The summed E-state index contributed by atoms with van der Waals surface area (Å²) in [7, 11) is 0. The van der Waals surface area contributed by atoms with E-state index in [9.17, 15) is 0 Å². The van der Waals surface area contributed by atoms with E-state index in [0.29, 0.717) is 11.8 Å². The van der Waals surface area contributed by atoms with Crippen LogP contribution in [0.5, 0.6) is 0 Å². The normalized spacial score (nSPS) is 15.6. The summed E-state index contributed by atoms with van der Waals surface area (Å²) in [4.78, 5) is 0. The maximum atomic E-state index is 3.22. The van der Waals surface area contributed by atoms with Crippen molar-refractivity contribution in [1.29, 1.82) is 0 Å². The molecule has 0 fully saturated rings.